The lowest BCUT2D eigenvalue weighted by Crippen LogP contribution is -2.00. The van der Waals surface area contributed by atoms with Gasteiger partial charge < -0.3 is 9.84 Å². The van der Waals surface area contributed by atoms with Crippen LogP contribution < -0.4 is 0 Å². The molecule has 0 saturated carbocycles. The van der Waals surface area contributed by atoms with Crippen molar-refractivity contribution in [1.29, 1.82) is 0 Å². The monoisotopic (exact) mass is 227 g/mol. The SMILES string of the molecule is [C-]#[N+]c1ccc2ccc(C(=O)OC)cc2c1O. The van der Waals surface area contributed by atoms with Gasteiger partial charge in [-0.1, -0.05) is 18.2 Å². The number of carbonyl (C=O) groups is 1. The molecule has 84 valence electrons. The summed E-state index contributed by atoms with van der Waals surface area (Å²) in [5.41, 5.74) is 0.511. The molecule has 0 atom stereocenters. The second-order valence-electron chi connectivity index (χ2n) is 3.47. The lowest BCUT2D eigenvalue weighted by atomic mass is 10.1. The highest BCUT2D eigenvalue weighted by atomic mass is 16.5. The smallest absolute Gasteiger partial charge is 0.337 e. The van der Waals surface area contributed by atoms with Crippen LogP contribution in [0.15, 0.2) is 30.3 Å². The van der Waals surface area contributed by atoms with E-state index in [1.54, 1.807) is 24.3 Å². The van der Waals surface area contributed by atoms with Gasteiger partial charge in [0.25, 0.3) is 0 Å². The predicted molar refractivity (Wildman–Crippen MR) is 63.2 cm³/mol. The van der Waals surface area contributed by atoms with Crippen molar-refractivity contribution in [3.63, 3.8) is 0 Å². The standard InChI is InChI=1S/C13H9NO3/c1-14-11-6-5-8-3-4-9(13(16)17-2)7-10(8)12(11)15/h3-7,15H,2H3. The molecule has 2 rings (SSSR count). The number of methoxy groups -OCH3 is 1. The number of ether oxygens (including phenoxy) is 1. The number of benzene rings is 2. The van der Waals surface area contributed by atoms with Gasteiger partial charge in [0.15, 0.2) is 0 Å². The normalized spacial score (nSPS) is 9.88. The Kier molecular flexibility index (Phi) is 2.67. The molecule has 0 aliphatic rings. The first-order chi connectivity index (χ1) is 8.17. The number of hydrogen-bond acceptors (Lipinski definition) is 3. The highest BCUT2D eigenvalue weighted by Crippen LogP contribution is 2.35. The Morgan fingerprint density at radius 1 is 1.35 bits per heavy atom. The lowest BCUT2D eigenvalue weighted by Gasteiger charge is -2.05. The summed E-state index contributed by atoms with van der Waals surface area (Å²) < 4.78 is 4.60. The van der Waals surface area contributed by atoms with Crippen LogP contribution in [0.4, 0.5) is 5.69 Å². The van der Waals surface area contributed by atoms with Crippen LogP contribution in [0.2, 0.25) is 0 Å². The number of nitrogens with zero attached hydrogens (tertiary/aromatic N) is 1. The number of carbonyl (C=O) groups excluding carboxylic acids is 1. The molecule has 1 N–H and O–H groups in total. The van der Waals surface area contributed by atoms with Gasteiger partial charge >= 0.3 is 5.97 Å². The summed E-state index contributed by atoms with van der Waals surface area (Å²) in [6.45, 7) is 6.91. The molecule has 0 aromatic heterocycles. The fourth-order valence-electron chi connectivity index (χ4n) is 1.63. The zero-order valence-electron chi connectivity index (χ0n) is 9.10. The maximum Gasteiger partial charge on any atom is 0.337 e. The topological polar surface area (TPSA) is 50.9 Å². The molecule has 2 aromatic carbocycles. The van der Waals surface area contributed by atoms with Crippen molar-refractivity contribution in [3.8, 4) is 5.75 Å². The molecule has 2 aromatic rings. The first-order valence-electron chi connectivity index (χ1n) is 4.89. The third-order valence-electron chi connectivity index (χ3n) is 2.51. The van der Waals surface area contributed by atoms with E-state index in [9.17, 15) is 9.90 Å². The van der Waals surface area contributed by atoms with E-state index in [2.05, 4.69) is 9.58 Å². The second kappa shape index (κ2) is 4.14. The van der Waals surface area contributed by atoms with Crippen molar-refractivity contribution in [3.05, 3.63) is 47.3 Å². The van der Waals surface area contributed by atoms with Crippen LogP contribution in [-0.4, -0.2) is 18.2 Å². The summed E-state index contributed by atoms with van der Waals surface area (Å²) >= 11 is 0. The number of phenolic OH excluding ortho intramolecular Hbond substituents is 1. The number of hydrogen-bond donors (Lipinski definition) is 1. The van der Waals surface area contributed by atoms with E-state index >= 15 is 0 Å². The first kappa shape index (κ1) is 11.0. The minimum atomic E-state index is -0.473. The van der Waals surface area contributed by atoms with Crippen LogP contribution in [0.1, 0.15) is 10.4 Å². The van der Waals surface area contributed by atoms with Crippen LogP contribution in [0.25, 0.3) is 15.6 Å². The van der Waals surface area contributed by atoms with Crippen LogP contribution in [0, 0.1) is 6.57 Å². The largest absolute Gasteiger partial charge is 0.518 e. The van der Waals surface area contributed by atoms with Gasteiger partial charge in [-0.05, 0) is 17.5 Å². The molecule has 0 amide bonds. The summed E-state index contributed by atoms with van der Waals surface area (Å²) in [5.74, 6) is -0.581. The van der Waals surface area contributed by atoms with Crippen LogP contribution in [0.5, 0.6) is 5.75 Å². The van der Waals surface area contributed by atoms with Crippen molar-refractivity contribution < 1.29 is 14.6 Å². The average molecular weight is 227 g/mol. The van der Waals surface area contributed by atoms with Crippen LogP contribution in [-0.2, 0) is 4.74 Å². The summed E-state index contributed by atoms with van der Waals surface area (Å²) in [7, 11) is 1.29. The summed E-state index contributed by atoms with van der Waals surface area (Å²) in [6, 6.07) is 8.11. The van der Waals surface area contributed by atoms with Gasteiger partial charge in [0.2, 0.25) is 5.69 Å². The Morgan fingerprint density at radius 3 is 2.71 bits per heavy atom. The van der Waals surface area contributed by atoms with Crippen molar-refractivity contribution in [2.24, 2.45) is 0 Å². The van der Waals surface area contributed by atoms with E-state index in [1.807, 2.05) is 0 Å². The molecule has 0 radical (unpaired) electrons. The molecule has 0 aliphatic carbocycles. The maximum atomic E-state index is 11.4. The molecule has 4 heteroatoms. The van der Waals surface area contributed by atoms with Crippen molar-refractivity contribution in [1.82, 2.24) is 0 Å². The molecule has 4 nitrogen and oxygen atoms in total. The van der Waals surface area contributed by atoms with Gasteiger partial charge in [0.1, 0.15) is 5.75 Å². The average Bonchev–Trinajstić information content (AvgIpc) is 2.38. The molecule has 17 heavy (non-hydrogen) atoms. The Balaban J connectivity index is 2.71. The van der Waals surface area contributed by atoms with Gasteiger partial charge in [0.05, 0.1) is 19.2 Å². The zero-order valence-corrected chi connectivity index (χ0v) is 9.10. The second-order valence-corrected chi connectivity index (χ2v) is 3.47. The molecule has 0 fully saturated rings. The van der Waals surface area contributed by atoms with Crippen LogP contribution in [0.3, 0.4) is 0 Å². The van der Waals surface area contributed by atoms with E-state index in [0.717, 1.165) is 5.39 Å². The van der Waals surface area contributed by atoms with Gasteiger partial charge in [0, 0.05) is 5.39 Å². The number of fused-ring (bicyclic) bond motifs is 1. The van der Waals surface area contributed by atoms with E-state index < -0.39 is 5.97 Å². The quantitative estimate of drug-likeness (QED) is 0.602. The van der Waals surface area contributed by atoms with Crippen LogP contribution >= 0.6 is 0 Å². The number of esters is 1. The lowest BCUT2D eigenvalue weighted by molar-refractivity contribution is 0.0601. The van der Waals surface area contributed by atoms with Crippen molar-refractivity contribution >= 4 is 22.4 Å². The minimum Gasteiger partial charge on any atom is -0.518 e. The van der Waals surface area contributed by atoms with Gasteiger partial charge in [-0.25, -0.2) is 9.64 Å². The third-order valence-corrected chi connectivity index (χ3v) is 2.51. The fraction of sp³-hybridized carbons (Fsp3) is 0.0769. The minimum absolute atomic E-state index is 0.108. The fourth-order valence-corrected chi connectivity index (χ4v) is 1.63. The Morgan fingerprint density at radius 2 is 2.06 bits per heavy atom. The number of phenols is 1. The Hall–Kier alpha value is -2.54. The third kappa shape index (κ3) is 1.79. The Labute approximate surface area is 97.9 Å². The van der Waals surface area contributed by atoms with E-state index in [0.29, 0.717) is 10.9 Å². The molecular formula is C13H9NO3. The Bertz CT molecular complexity index is 641. The molecule has 0 saturated heterocycles. The number of aromatic hydroxyl groups is 1. The molecule has 0 aliphatic heterocycles. The highest BCUT2D eigenvalue weighted by molar-refractivity contribution is 5.99. The first-order valence-corrected chi connectivity index (χ1v) is 4.89. The van der Waals surface area contributed by atoms with E-state index in [4.69, 9.17) is 6.57 Å². The number of rotatable bonds is 1. The molecule has 0 bridgehead atoms. The summed E-state index contributed by atoms with van der Waals surface area (Å²) in [5, 5.41) is 11.1. The summed E-state index contributed by atoms with van der Waals surface area (Å²) in [6.07, 6.45) is 0. The maximum absolute atomic E-state index is 11.4. The van der Waals surface area contributed by atoms with Gasteiger partial charge in [-0.2, -0.15) is 0 Å². The van der Waals surface area contributed by atoms with E-state index in [-0.39, 0.29) is 11.4 Å². The molecule has 0 unspecified atom stereocenters. The molecule has 0 heterocycles. The molecular weight excluding hydrogens is 218 g/mol. The van der Waals surface area contributed by atoms with Gasteiger partial charge in [-0.15, -0.1) is 0 Å². The molecule has 0 spiro atoms. The van der Waals surface area contributed by atoms with Crippen molar-refractivity contribution in [2.45, 2.75) is 0 Å². The van der Waals surface area contributed by atoms with Crippen molar-refractivity contribution in [2.75, 3.05) is 7.11 Å². The highest BCUT2D eigenvalue weighted by Gasteiger charge is 2.10. The zero-order chi connectivity index (χ0) is 12.4. The van der Waals surface area contributed by atoms with Gasteiger partial charge in [-0.3, -0.25) is 0 Å². The van der Waals surface area contributed by atoms with E-state index in [1.165, 1.54) is 13.2 Å². The summed E-state index contributed by atoms with van der Waals surface area (Å²) in [4.78, 5) is 14.6. The predicted octanol–water partition coefficient (Wildman–Crippen LogP) is 2.88.